The lowest BCUT2D eigenvalue weighted by Gasteiger charge is -2.19. The van der Waals surface area contributed by atoms with Crippen LogP contribution in [0.5, 0.6) is 0 Å². The number of nitrogens with one attached hydrogen (secondary N) is 1. The third-order valence-electron chi connectivity index (χ3n) is 2.98. The predicted molar refractivity (Wildman–Crippen MR) is 71.6 cm³/mol. The average Bonchev–Trinajstić information content (AvgIpc) is 2.29. The van der Waals surface area contributed by atoms with Gasteiger partial charge in [-0.3, -0.25) is 0 Å². The second-order valence-corrected chi connectivity index (χ2v) is 5.06. The van der Waals surface area contributed by atoms with Crippen LogP contribution in [0.4, 0.5) is 4.39 Å². The molecule has 0 radical (unpaired) electrons. The molecule has 0 amide bonds. The molecule has 1 unspecified atom stereocenters. The summed E-state index contributed by atoms with van der Waals surface area (Å²) in [7, 11) is 0. The van der Waals surface area contributed by atoms with Gasteiger partial charge in [0, 0.05) is 6.04 Å². The minimum absolute atomic E-state index is 0.157. The molecule has 0 saturated carbocycles. The zero-order chi connectivity index (χ0) is 12.7. The topological polar surface area (TPSA) is 12.0 Å². The maximum Gasteiger partial charge on any atom is 0.123 e. The average molecular weight is 237 g/mol. The van der Waals surface area contributed by atoms with E-state index >= 15 is 0 Å². The number of benzene rings is 1. The third kappa shape index (κ3) is 5.83. The molecule has 0 aliphatic heterocycles. The Morgan fingerprint density at radius 3 is 2.29 bits per heavy atom. The van der Waals surface area contributed by atoms with Gasteiger partial charge >= 0.3 is 0 Å². The molecule has 2 heteroatoms. The van der Waals surface area contributed by atoms with Gasteiger partial charge in [-0.1, -0.05) is 32.9 Å². The van der Waals surface area contributed by atoms with E-state index in [0.717, 1.165) is 18.9 Å². The van der Waals surface area contributed by atoms with E-state index in [0.29, 0.717) is 6.04 Å². The molecule has 1 nitrogen and oxygen atoms in total. The summed E-state index contributed by atoms with van der Waals surface area (Å²) in [5.41, 5.74) is 1.21. The largest absolute Gasteiger partial charge is 0.314 e. The molecule has 1 atom stereocenters. The zero-order valence-corrected chi connectivity index (χ0v) is 11.2. The van der Waals surface area contributed by atoms with Gasteiger partial charge in [-0.15, -0.1) is 0 Å². The normalized spacial score (nSPS) is 13.0. The molecule has 1 rings (SSSR count). The number of halogens is 1. The van der Waals surface area contributed by atoms with E-state index in [9.17, 15) is 4.39 Å². The Morgan fingerprint density at radius 2 is 1.76 bits per heavy atom. The Balaban J connectivity index is 2.50. The maximum atomic E-state index is 12.8. The van der Waals surface area contributed by atoms with Crippen molar-refractivity contribution < 1.29 is 4.39 Å². The fourth-order valence-corrected chi connectivity index (χ4v) is 2.00. The van der Waals surface area contributed by atoms with Gasteiger partial charge in [-0.05, 0) is 49.4 Å². The summed E-state index contributed by atoms with van der Waals surface area (Å²) in [6.45, 7) is 7.62. The highest BCUT2D eigenvalue weighted by Gasteiger charge is 2.09. The van der Waals surface area contributed by atoms with Crippen molar-refractivity contribution in [2.45, 2.75) is 46.1 Å². The van der Waals surface area contributed by atoms with Crippen LogP contribution in [0, 0.1) is 11.7 Å². The Kier molecular flexibility index (Phi) is 6.20. The molecule has 1 aromatic carbocycles. The third-order valence-corrected chi connectivity index (χ3v) is 2.98. The van der Waals surface area contributed by atoms with Crippen molar-refractivity contribution >= 4 is 0 Å². The van der Waals surface area contributed by atoms with E-state index in [1.807, 2.05) is 12.1 Å². The van der Waals surface area contributed by atoms with Crippen LogP contribution >= 0.6 is 0 Å². The van der Waals surface area contributed by atoms with E-state index in [4.69, 9.17) is 0 Å². The van der Waals surface area contributed by atoms with Crippen LogP contribution in [0.2, 0.25) is 0 Å². The highest BCUT2D eigenvalue weighted by Crippen LogP contribution is 2.12. The summed E-state index contributed by atoms with van der Waals surface area (Å²) in [5.74, 6) is 0.584. The molecule has 1 N–H and O–H groups in total. The smallest absolute Gasteiger partial charge is 0.123 e. The molecule has 0 saturated heterocycles. The van der Waals surface area contributed by atoms with Crippen molar-refractivity contribution in [3.63, 3.8) is 0 Å². The fourth-order valence-electron chi connectivity index (χ4n) is 2.00. The Hall–Kier alpha value is -0.890. The summed E-state index contributed by atoms with van der Waals surface area (Å²) in [6, 6.07) is 7.36. The first-order valence-electron chi connectivity index (χ1n) is 6.59. The summed E-state index contributed by atoms with van der Waals surface area (Å²) in [4.78, 5) is 0. The summed E-state index contributed by atoms with van der Waals surface area (Å²) < 4.78 is 12.8. The fraction of sp³-hybridized carbons (Fsp3) is 0.600. The molecule has 0 bridgehead atoms. The first kappa shape index (κ1) is 14.2. The standard InChI is InChI=1S/C15H24FN/c1-4-17-15(10-5-12(2)3)11-13-6-8-14(16)9-7-13/h6-9,12,15,17H,4-5,10-11H2,1-3H3. The van der Waals surface area contributed by atoms with Crippen LogP contribution < -0.4 is 5.32 Å². The molecule has 0 aromatic heterocycles. The van der Waals surface area contributed by atoms with Crippen LogP contribution in [0.1, 0.15) is 39.2 Å². The van der Waals surface area contributed by atoms with Crippen molar-refractivity contribution in [1.82, 2.24) is 5.32 Å². The van der Waals surface area contributed by atoms with Crippen LogP contribution in [0.15, 0.2) is 24.3 Å². The molecule has 0 fully saturated rings. The lowest BCUT2D eigenvalue weighted by Crippen LogP contribution is -2.31. The monoisotopic (exact) mass is 237 g/mol. The summed E-state index contributed by atoms with van der Waals surface area (Å²) >= 11 is 0. The van der Waals surface area contributed by atoms with Crippen molar-refractivity contribution in [3.05, 3.63) is 35.6 Å². The molecule has 0 spiro atoms. The van der Waals surface area contributed by atoms with Gasteiger partial charge in [0.05, 0.1) is 0 Å². The van der Waals surface area contributed by atoms with E-state index in [2.05, 4.69) is 26.1 Å². The number of hydrogen-bond donors (Lipinski definition) is 1. The minimum atomic E-state index is -0.157. The minimum Gasteiger partial charge on any atom is -0.314 e. The first-order chi connectivity index (χ1) is 8.11. The quantitative estimate of drug-likeness (QED) is 0.761. The van der Waals surface area contributed by atoms with Gasteiger partial charge in [-0.25, -0.2) is 4.39 Å². The van der Waals surface area contributed by atoms with Crippen LogP contribution in [0.3, 0.4) is 0 Å². The molecule has 1 aromatic rings. The lowest BCUT2D eigenvalue weighted by atomic mass is 9.98. The van der Waals surface area contributed by atoms with Gasteiger partial charge in [0.1, 0.15) is 5.82 Å². The van der Waals surface area contributed by atoms with E-state index in [1.54, 1.807) is 12.1 Å². The second-order valence-electron chi connectivity index (χ2n) is 5.06. The second kappa shape index (κ2) is 7.44. The van der Waals surface area contributed by atoms with Crippen LogP contribution in [-0.4, -0.2) is 12.6 Å². The van der Waals surface area contributed by atoms with Crippen molar-refractivity contribution in [3.8, 4) is 0 Å². The molecule has 0 heterocycles. The van der Waals surface area contributed by atoms with Gasteiger partial charge in [-0.2, -0.15) is 0 Å². The highest BCUT2D eigenvalue weighted by molar-refractivity contribution is 5.17. The maximum absolute atomic E-state index is 12.8. The number of rotatable bonds is 7. The van der Waals surface area contributed by atoms with Crippen molar-refractivity contribution in [1.29, 1.82) is 0 Å². The summed E-state index contributed by atoms with van der Waals surface area (Å²) in [6.07, 6.45) is 3.41. The van der Waals surface area contributed by atoms with Gasteiger partial charge < -0.3 is 5.32 Å². The van der Waals surface area contributed by atoms with Crippen LogP contribution in [0.25, 0.3) is 0 Å². The van der Waals surface area contributed by atoms with Gasteiger partial charge in [0.2, 0.25) is 0 Å². The molecular weight excluding hydrogens is 213 g/mol. The molecule has 0 aliphatic rings. The highest BCUT2D eigenvalue weighted by atomic mass is 19.1. The van der Waals surface area contributed by atoms with E-state index in [-0.39, 0.29) is 5.82 Å². The van der Waals surface area contributed by atoms with Crippen LogP contribution in [-0.2, 0) is 6.42 Å². The molecule has 17 heavy (non-hydrogen) atoms. The van der Waals surface area contributed by atoms with Gasteiger partial charge in [0.15, 0.2) is 0 Å². The SMILES string of the molecule is CCNC(CCC(C)C)Cc1ccc(F)cc1. The van der Waals surface area contributed by atoms with E-state index in [1.165, 1.54) is 18.4 Å². The molecule has 0 aliphatic carbocycles. The number of likely N-dealkylation sites (N-methyl/N-ethyl adjacent to an activating group) is 1. The molecular formula is C15H24FN. The van der Waals surface area contributed by atoms with Crippen molar-refractivity contribution in [2.75, 3.05) is 6.54 Å². The Bertz CT molecular complexity index is 305. The Labute approximate surface area is 104 Å². The van der Waals surface area contributed by atoms with Crippen molar-refractivity contribution in [2.24, 2.45) is 5.92 Å². The molecule has 96 valence electrons. The lowest BCUT2D eigenvalue weighted by molar-refractivity contribution is 0.434. The van der Waals surface area contributed by atoms with Gasteiger partial charge in [0.25, 0.3) is 0 Å². The zero-order valence-electron chi connectivity index (χ0n) is 11.2. The number of hydrogen-bond acceptors (Lipinski definition) is 1. The summed E-state index contributed by atoms with van der Waals surface area (Å²) in [5, 5.41) is 3.51. The predicted octanol–water partition coefficient (Wildman–Crippen LogP) is 3.78. The Morgan fingerprint density at radius 1 is 1.12 bits per heavy atom. The first-order valence-corrected chi connectivity index (χ1v) is 6.59. The van der Waals surface area contributed by atoms with E-state index < -0.39 is 0 Å².